The summed E-state index contributed by atoms with van der Waals surface area (Å²) in [7, 11) is 6.95. The number of piperidine rings is 1. The molecule has 0 radical (unpaired) electrons. The number of guanidine groups is 1. The number of ether oxygens (including phenoxy) is 2. The zero-order chi connectivity index (χ0) is 23.0. The number of nitrogens with one attached hydrogen (secondary N) is 2. The molecule has 1 aliphatic heterocycles. The lowest BCUT2D eigenvalue weighted by Crippen LogP contribution is -2.50. The van der Waals surface area contributed by atoms with E-state index >= 15 is 0 Å². The van der Waals surface area contributed by atoms with Gasteiger partial charge < -0.3 is 25.0 Å². The maximum Gasteiger partial charge on any atom is 0.220 e. The summed E-state index contributed by atoms with van der Waals surface area (Å²) in [5.41, 5.74) is 1.37. The van der Waals surface area contributed by atoms with E-state index in [1.807, 2.05) is 13.1 Å². The van der Waals surface area contributed by atoms with Crippen molar-refractivity contribution in [3.63, 3.8) is 0 Å². The molecule has 0 bridgehead atoms. The van der Waals surface area contributed by atoms with Crippen LogP contribution in [0.15, 0.2) is 23.2 Å². The van der Waals surface area contributed by atoms with Gasteiger partial charge in [0.2, 0.25) is 5.91 Å². The van der Waals surface area contributed by atoms with Crippen molar-refractivity contribution < 1.29 is 14.3 Å². The lowest BCUT2D eigenvalue weighted by molar-refractivity contribution is -0.121. The van der Waals surface area contributed by atoms with Gasteiger partial charge in [-0.15, -0.1) is 24.0 Å². The number of aliphatic imine (C=N–C) groups is 1. The summed E-state index contributed by atoms with van der Waals surface area (Å²) in [6, 6.07) is 6.37. The average molecular weight is 573 g/mol. The number of nitrogens with zero attached hydrogens (tertiary/aromatic N) is 2. The van der Waals surface area contributed by atoms with E-state index in [1.165, 1.54) is 24.8 Å². The Hall–Kier alpha value is -1.71. The summed E-state index contributed by atoms with van der Waals surface area (Å²) < 4.78 is 11.0. The Morgan fingerprint density at radius 3 is 2.36 bits per heavy atom. The van der Waals surface area contributed by atoms with Crippen LogP contribution in [0, 0.1) is 5.92 Å². The largest absolute Gasteiger partial charge is 0.493 e. The predicted octanol–water partition coefficient (Wildman–Crippen LogP) is 3.95. The first-order valence-electron chi connectivity index (χ1n) is 11.9. The molecular formula is C25H41IN4O3. The Bertz CT molecular complexity index is 788. The van der Waals surface area contributed by atoms with Gasteiger partial charge in [0.1, 0.15) is 0 Å². The van der Waals surface area contributed by atoms with E-state index in [9.17, 15) is 4.79 Å². The van der Waals surface area contributed by atoms with Crippen molar-refractivity contribution in [2.24, 2.45) is 10.9 Å². The molecule has 1 amide bonds. The van der Waals surface area contributed by atoms with Crippen molar-refractivity contribution >= 4 is 35.8 Å². The molecule has 1 aromatic carbocycles. The first kappa shape index (κ1) is 27.5. The van der Waals surface area contributed by atoms with E-state index in [4.69, 9.17) is 9.47 Å². The third-order valence-corrected chi connectivity index (χ3v) is 7.27. The Balaban J connectivity index is 0.00000385. The zero-order valence-corrected chi connectivity index (χ0v) is 22.9. The van der Waals surface area contributed by atoms with E-state index in [0.29, 0.717) is 12.3 Å². The lowest BCUT2D eigenvalue weighted by atomic mass is 9.69. The first-order valence-corrected chi connectivity index (χ1v) is 11.9. The van der Waals surface area contributed by atoms with Crippen molar-refractivity contribution in [2.75, 3.05) is 47.9 Å². The van der Waals surface area contributed by atoms with Crippen LogP contribution in [0.1, 0.15) is 56.9 Å². The number of methoxy groups -OCH3 is 2. The third kappa shape index (κ3) is 6.90. The number of amides is 1. The van der Waals surface area contributed by atoms with Gasteiger partial charge in [0.05, 0.1) is 14.2 Å². The summed E-state index contributed by atoms with van der Waals surface area (Å²) in [6.07, 6.45) is 8.74. The Morgan fingerprint density at radius 1 is 1.12 bits per heavy atom. The van der Waals surface area contributed by atoms with E-state index in [2.05, 4.69) is 32.7 Å². The quantitative estimate of drug-likeness (QED) is 0.294. The molecule has 0 aromatic heterocycles. The number of carbonyl (C=O) groups excluding carboxylic acids is 1. The number of hydrogen-bond donors (Lipinski definition) is 2. The van der Waals surface area contributed by atoms with Crippen LogP contribution in [0.4, 0.5) is 0 Å². The number of likely N-dealkylation sites (tertiary alicyclic amines) is 1. The fourth-order valence-corrected chi connectivity index (χ4v) is 5.26. The Kier molecular flexibility index (Phi) is 11.1. The van der Waals surface area contributed by atoms with Crippen molar-refractivity contribution in [2.45, 2.75) is 56.8 Å². The SMILES string of the molecule is CN=C(NCC1(c2ccc(OC)c(OC)c2)CCCCC1)N1CCC(CC(=O)NC)CC1.I. The van der Waals surface area contributed by atoms with E-state index in [-0.39, 0.29) is 35.3 Å². The summed E-state index contributed by atoms with van der Waals surface area (Å²) in [4.78, 5) is 18.6. The van der Waals surface area contributed by atoms with Crippen molar-refractivity contribution in [3.05, 3.63) is 23.8 Å². The van der Waals surface area contributed by atoms with Crippen LogP contribution in [-0.4, -0.2) is 64.7 Å². The minimum Gasteiger partial charge on any atom is -0.493 e. The molecule has 2 aliphatic rings. The molecule has 0 spiro atoms. The molecule has 8 heteroatoms. The number of carbonyl (C=O) groups is 1. The van der Waals surface area contributed by atoms with Gasteiger partial charge in [-0.1, -0.05) is 25.3 Å². The van der Waals surface area contributed by atoms with E-state index in [0.717, 1.165) is 62.8 Å². The maximum absolute atomic E-state index is 11.7. The van der Waals surface area contributed by atoms with Gasteiger partial charge in [0.25, 0.3) is 0 Å². The Labute approximate surface area is 216 Å². The molecule has 1 aliphatic carbocycles. The minimum absolute atomic E-state index is 0. The van der Waals surface area contributed by atoms with E-state index in [1.54, 1.807) is 21.3 Å². The highest BCUT2D eigenvalue weighted by atomic mass is 127. The molecule has 0 unspecified atom stereocenters. The van der Waals surface area contributed by atoms with Crippen molar-refractivity contribution in [1.29, 1.82) is 0 Å². The molecule has 2 fully saturated rings. The molecule has 1 heterocycles. The third-order valence-electron chi connectivity index (χ3n) is 7.27. The van der Waals surface area contributed by atoms with Crippen LogP contribution in [0.25, 0.3) is 0 Å². The van der Waals surface area contributed by atoms with Crippen LogP contribution in [0.2, 0.25) is 0 Å². The number of benzene rings is 1. The monoisotopic (exact) mass is 572 g/mol. The van der Waals surface area contributed by atoms with Gasteiger partial charge in [-0.25, -0.2) is 0 Å². The highest BCUT2D eigenvalue weighted by molar-refractivity contribution is 14.0. The summed E-state index contributed by atoms with van der Waals surface area (Å²) in [5.74, 6) is 3.12. The van der Waals surface area contributed by atoms with Gasteiger partial charge in [-0.3, -0.25) is 9.79 Å². The number of halogens is 1. The summed E-state index contributed by atoms with van der Waals surface area (Å²) >= 11 is 0. The fraction of sp³-hybridized carbons (Fsp3) is 0.680. The average Bonchev–Trinajstić information content (AvgIpc) is 2.85. The normalized spacial score (nSPS) is 18.8. The second kappa shape index (κ2) is 13.2. The molecular weight excluding hydrogens is 531 g/mol. The molecule has 2 N–H and O–H groups in total. The summed E-state index contributed by atoms with van der Waals surface area (Å²) in [5, 5.41) is 6.45. The lowest BCUT2D eigenvalue weighted by Gasteiger charge is -2.40. The standard InChI is InChI=1S/C25H40N4O3.HI/c1-26-23(30)16-19-10-14-29(15-11-19)24(27-2)28-18-25(12-6-5-7-13-25)20-8-9-21(31-3)22(17-20)32-4;/h8-9,17,19H,5-7,10-16,18H2,1-4H3,(H,26,30)(H,27,28);1H. The zero-order valence-electron chi connectivity index (χ0n) is 20.6. The second-order valence-electron chi connectivity index (χ2n) is 9.12. The molecule has 0 atom stereocenters. The molecule has 1 aromatic rings. The van der Waals surface area contributed by atoms with Crippen LogP contribution in [0.5, 0.6) is 11.5 Å². The maximum atomic E-state index is 11.7. The minimum atomic E-state index is 0. The molecule has 3 rings (SSSR count). The van der Waals surface area contributed by atoms with Gasteiger partial charge >= 0.3 is 0 Å². The first-order chi connectivity index (χ1) is 15.5. The fourth-order valence-electron chi connectivity index (χ4n) is 5.26. The summed E-state index contributed by atoms with van der Waals surface area (Å²) in [6.45, 7) is 2.72. The second-order valence-corrected chi connectivity index (χ2v) is 9.12. The van der Waals surface area contributed by atoms with Crippen molar-refractivity contribution in [1.82, 2.24) is 15.5 Å². The predicted molar refractivity (Wildman–Crippen MR) is 144 cm³/mol. The molecule has 1 saturated carbocycles. The van der Waals surface area contributed by atoms with Gasteiger partial charge in [0, 0.05) is 45.6 Å². The van der Waals surface area contributed by atoms with E-state index < -0.39 is 0 Å². The molecule has 7 nitrogen and oxygen atoms in total. The molecule has 1 saturated heterocycles. The van der Waals surface area contributed by atoms with Crippen LogP contribution in [-0.2, 0) is 10.2 Å². The number of rotatable bonds is 7. The number of hydrogen-bond acceptors (Lipinski definition) is 4. The molecule has 186 valence electrons. The van der Waals surface area contributed by atoms with Gasteiger partial charge in [-0.2, -0.15) is 0 Å². The van der Waals surface area contributed by atoms with Crippen LogP contribution in [0.3, 0.4) is 0 Å². The highest BCUT2D eigenvalue weighted by Crippen LogP contribution is 2.42. The van der Waals surface area contributed by atoms with Crippen LogP contribution < -0.4 is 20.1 Å². The molecule has 33 heavy (non-hydrogen) atoms. The van der Waals surface area contributed by atoms with Crippen molar-refractivity contribution in [3.8, 4) is 11.5 Å². The highest BCUT2D eigenvalue weighted by Gasteiger charge is 2.35. The van der Waals surface area contributed by atoms with Gasteiger partial charge in [0.15, 0.2) is 17.5 Å². The smallest absolute Gasteiger partial charge is 0.220 e. The Morgan fingerprint density at radius 2 is 1.79 bits per heavy atom. The van der Waals surface area contributed by atoms with Crippen LogP contribution >= 0.6 is 24.0 Å². The van der Waals surface area contributed by atoms with Gasteiger partial charge in [-0.05, 0) is 49.3 Å². The topological polar surface area (TPSA) is 75.2 Å².